The first kappa shape index (κ1) is 9.96. The van der Waals surface area contributed by atoms with E-state index in [-0.39, 0.29) is 18.8 Å². The van der Waals surface area contributed by atoms with E-state index in [1.165, 1.54) is 0 Å². The molecule has 0 saturated carbocycles. The van der Waals surface area contributed by atoms with Gasteiger partial charge in [0.1, 0.15) is 0 Å². The van der Waals surface area contributed by atoms with Crippen LogP contribution >= 0.6 is 0 Å². The molecule has 0 amide bonds. The summed E-state index contributed by atoms with van der Waals surface area (Å²) < 4.78 is 11.1. The number of aliphatic hydroxyl groups is 1. The van der Waals surface area contributed by atoms with Crippen molar-refractivity contribution in [2.45, 2.75) is 51.6 Å². The summed E-state index contributed by atoms with van der Waals surface area (Å²) in [5, 5.41) is 8.75. The van der Waals surface area contributed by atoms with Gasteiger partial charge in [-0.2, -0.15) is 0 Å². The lowest BCUT2D eigenvalue weighted by molar-refractivity contribution is -0.297. The molecule has 0 aromatic heterocycles. The molecule has 3 heteroatoms. The van der Waals surface area contributed by atoms with Crippen LogP contribution in [0.1, 0.15) is 33.6 Å². The third kappa shape index (κ3) is 2.73. The second kappa shape index (κ2) is 3.73. The maximum Gasteiger partial charge on any atom is 0.163 e. The van der Waals surface area contributed by atoms with Crippen LogP contribution in [0.2, 0.25) is 0 Å². The number of aliphatic hydroxyl groups excluding tert-OH is 1. The summed E-state index contributed by atoms with van der Waals surface area (Å²) in [6.45, 7) is 6.04. The molecule has 0 unspecified atom stereocenters. The highest BCUT2D eigenvalue weighted by molar-refractivity contribution is 4.73. The molecule has 0 radical (unpaired) electrons. The molecule has 1 aliphatic heterocycles. The lowest BCUT2D eigenvalue weighted by Gasteiger charge is -2.39. The first-order valence-electron chi connectivity index (χ1n) is 4.50. The first-order valence-corrected chi connectivity index (χ1v) is 4.50. The quantitative estimate of drug-likeness (QED) is 0.685. The van der Waals surface area contributed by atoms with Crippen LogP contribution in [0.15, 0.2) is 0 Å². The van der Waals surface area contributed by atoms with Crippen molar-refractivity contribution in [2.24, 2.45) is 0 Å². The Bertz CT molecular complexity index is 145. The standard InChI is InChI=1S/C9H18O3/c1-7-6-8(4-5-10)12-9(2,3)11-7/h7-8,10H,4-6H2,1-3H3/t7-,8+/m1/s1. The molecule has 12 heavy (non-hydrogen) atoms. The lowest BCUT2D eigenvalue weighted by atomic mass is 10.1. The van der Waals surface area contributed by atoms with Crippen molar-refractivity contribution >= 4 is 0 Å². The molecule has 0 bridgehead atoms. The van der Waals surface area contributed by atoms with Crippen LogP contribution in [0.4, 0.5) is 0 Å². The maximum absolute atomic E-state index is 8.75. The van der Waals surface area contributed by atoms with Crippen molar-refractivity contribution < 1.29 is 14.6 Å². The fourth-order valence-corrected chi connectivity index (χ4v) is 1.70. The monoisotopic (exact) mass is 174 g/mol. The second-order valence-corrected chi connectivity index (χ2v) is 3.82. The Labute approximate surface area is 73.7 Å². The molecule has 3 nitrogen and oxygen atoms in total. The molecule has 72 valence electrons. The topological polar surface area (TPSA) is 38.7 Å². The second-order valence-electron chi connectivity index (χ2n) is 3.82. The average molecular weight is 174 g/mol. The summed E-state index contributed by atoms with van der Waals surface area (Å²) in [5.41, 5.74) is 0. The molecular formula is C9H18O3. The normalized spacial score (nSPS) is 35.0. The molecule has 1 N–H and O–H groups in total. The van der Waals surface area contributed by atoms with Gasteiger partial charge in [0.15, 0.2) is 5.79 Å². The SMILES string of the molecule is C[C@@H]1C[C@H](CCO)OC(C)(C)O1. The average Bonchev–Trinajstić information content (AvgIpc) is 1.82. The van der Waals surface area contributed by atoms with Crippen LogP contribution in [0.5, 0.6) is 0 Å². The van der Waals surface area contributed by atoms with Gasteiger partial charge >= 0.3 is 0 Å². The predicted molar refractivity (Wildman–Crippen MR) is 45.8 cm³/mol. The van der Waals surface area contributed by atoms with Gasteiger partial charge in [-0.1, -0.05) is 0 Å². The van der Waals surface area contributed by atoms with E-state index in [1.807, 2.05) is 20.8 Å². The van der Waals surface area contributed by atoms with E-state index in [4.69, 9.17) is 14.6 Å². The van der Waals surface area contributed by atoms with E-state index in [0.29, 0.717) is 6.42 Å². The number of rotatable bonds is 2. The molecule has 1 heterocycles. The molecule has 2 atom stereocenters. The van der Waals surface area contributed by atoms with Crippen molar-refractivity contribution in [1.82, 2.24) is 0 Å². The highest BCUT2D eigenvalue weighted by Gasteiger charge is 2.32. The van der Waals surface area contributed by atoms with Gasteiger partial charge in [-0.3, -0.25) is 0 Å². The zero-order chi connectivity index (χ0) is 9.19. The summed E-state index contributed by atoms with van der Waals surface area (Å²) in [5.74, 6) is -0.489. The minimum Gasteiger partial charge on any atom is -0.396 e. The summed E-state index contributed by atoms with van der Waals surface area (Å²) in [6.07, 6.45) is 1.96. The van der Waals surface area contributed by atoms with Gasteiger partial charge in [-0.05, 0) is 33.6 Å². The Morgan fingerprint density at radius 1 is 1.42 bits per heavy atom. The molecule has 0 aromatic rings. The summed E-state index contributed by atoms with van der Waals surface area (Å²) in [4.78, 5) is 0. The summed E-state index contributed by atoms with van der Waals surface area (Å²) >= 11 is 0. The van der Waals surface area contributed by atoms with E-state index in [9.17, 15) is 0 Å². The molecular weight excluding hydrogens is 156 g/mol. The molecule has 1 saturated heterocycles. The minimum absolute atomic E-state index is 0.147. The summed E-state index contributed by atoms with van der Waals surface area (Å²) in [6, 6.07) is 0. The van der Waals surface area contributed by atoms with Crippen LogP contribution < -0.4 is 0 Å². The van der Waals surface area contributed by atoms with Gasteiger partial charge in [0.05, 0.1) is 12.2 Å². The van der Waals surface area contributed by atoms with Crippen molar-refractivity contribution in [3.63, 3.8) is 0 Å². The van der Waals surface area contributed by atoms with Crippen LogP contribution in [-0.2, 0) is 9.47 Å². The van der Waals surface area contributed by atoms with Gasteiger partial charge < -0.3 is 14.6 Å². The minimum atomic E-state index is -0.489. The maximum atomic E-state index is 8.75. The Hall–Kier alpha value is -0.120. The largest absolute Gasteiger partial charge is 0.396 e. The van der Waals surface area contributed by atoms with E-state index < -0.39 is 5.79 Å². The Kier molecular flexibility index (Phi) is 3.09. The van der Waals surface area contributed by atoms with Crippen LogP contribution in [0.25, 0.3) is 0 Å². The zero-order valence-corrected chi connectivity index (χ0v) is 8.04. The third-order valence-electron chi connectivity index (χ3n) is 1.98. The van der Waals surface area contributed by atoms with Crippen LogP contribution in [0.3, 0.4) is 0 Å². The van der Waals surface area contributed by atoms with Crippen molar-refractivity contribution in [3.8, 4) is 0 Å². The fraction of sp³-hybridized carbons (Fsp3) is 1.00. The van der Waals surface area contributed by atoms with E-state index in [0.717, 1.165) is 6.42 Å². The predicted octanol–water partition coefficient (Wildman–Crippen LogP) is 1.30. The van der Waals surface area contributed by atoms with E-state index in [1.54, 1.807) is 0 Å². The van der Waals surface area contributed by atoms with Crippen molar-refractivity contribution in [3.05, 3.63) is 0 Å². The van der Waals surface area contributed by atoms with Crippen LogP contribution in [0, 0.1) is 0 Å². The van der Waals surface area contributed by atoms with E-state index >= 15 is 0 Å². The van der Waals surface area contributed by atoms with E-state index in [2.05, 4.69) is 0 Å². The Morgan fingerprint density at radius 2 is 2.08 bits per heavy atom. The summed E-state index contributed by atoms with van der Waals surface area (Å²) in [7, 11) is 0. The Balaban J connectivity index is 2.46. The number of hydrogen-bond donors (Lipinski definition) is 1. The van der Waals surface area contributed by atoms with Gasteiger partial charge in [0, 0.05) is 6.61 Å². The van der Waals surface area contributed by atoms with Gasteiger partial charge in [-0.15, -0.1) is 0 Å². The third-order valence-corrected chi connectivity index (χ3v) is 1.98. The molecule has 1 rings (SSSR count). The van der Waals surface area contributed by atoms with Gasteiger partial charge in [0.2, 0.25) is 0 Å². The highest BCUT2D eigenvalue weighted by atomic mass is 16.7. The van der Waals surface area contributed by atoms with Crippen molar-refractivity contribution in [1.29, 1.82) is 0 Å². The first-order chi connectivity index (χ1) is 5.53. The number of hydrogen-bond acceptors (Lipinski definition) is 3. The molecule has 0 aromatic carbocycles. The zero-order valence-electron chi connectivity index (χ0n) is 8.04. The van der Waals surface area contributed by atoms with Gasteiger partial charge in [-0.25, -0.2) is 0 Å². The fourth-order valence-electron chi connectivity index (χ4n) is 1.70. The molecule has 1 aliphatic rings. The van der Waals surface area contributed by atoms with Crippen LogP contribution in [-0.4, -0.2) is 29.7 Å². The Morgan fingerprint density at radius 3 is 2.58 bits per heavy atom. The smallest absolute Gasteiger partial charge is 0.163 e. The highest BCUT2D eigenvalue weighted by Crippen LogP contribution is 2.27. The molecule has 1 fully saturated rings. The molecule has 0 spiro atoms. The van der Waals surface area contributed by atoms with Crippen molar-refractivity contribution in [2.75, 3.05) is 6.61 Å². The number of ether oxygens (including phenoxy) is 2. The van der Waals surface area contributed by atoms with Gasteiger partial charge in [0.25, 0.3) is 0 Å². The molecule has 0 aliphatic carbocycles. The lowest BCUT2D eigenvalue weighted by Crippen LogP contribution is -2.43.